The first-order chi connectivity index (χ1) is 8.14. The molecule has 1 unspecified atom stereocenters. The quantitative estimate of drug-likeness (QED) is 0.344. The molecule has 1 atom stereocenters. The molecule has 0 aromatic heterocycles. The molecule has 0 radical (unpaired) electrons. The molecule has 1 amide bonds. The van der Waals surface area contributed by atoms with Crippen LogP contribution in [0.2, 0.25) is 0 Å². The molecule has 0 saturated heterocycles. The zero-order valence-corrected chi connectivity index (χ0v) is 10.5. The van der Waals surface area contributed by atoms with Crippen LogP contribution in [0.5, 0.6) is 0 Å². The lowest BCUT2D eigenvalue weighted by molar-refractivity contribution is -0.166. The zero-order valence-electron chi connectivity index (χ0n) is 10.5. The van der Waals surface area contributed by atoms with Crippen LogP contribution < -0.4 is 5.73 Å². The number of oxime groups is 1. The number of nitrogens with zero attached hydrogens (tertiary/aromatic N) is 2. The lowest BCUT2D eigenvalue weighted by Crippen LogP contribution is -2.48. The van der Waals surface area contributed by atoms with Crippen LogP contribution in [0.3, 0.4) is 0 Å². The number of amidine groups is 1. The van der Waals surface area contributed by atoms with Crippen molar-refractivity contribution in [1.29, 1.82) is 0 Å². The Morgan fingerprint density at radius 2 is 1.94 bits per heavy atom. The fourth-order valence-corrected chi connectivity index (χ4v) is 1.49. The van der Waals surface area contributed by atoms with Crippen molar-refractivity contribution < 1.29 is 23.2 Å². The van der Waals surface area contributed by atoms with Crippen molar-refractivity contribution in [3.8, 4) is 0 Å². The van der Waals surface area contributed by atoms with E-state index in [9.17, 15) is 18.0 Å². The number of nitrogens with two attached hydrogens (primary N) is 1. The van der Waals surface area contributed by atoms with Gasteiger partial charge in [0.05, 0.1) is 5.92 Å². The highest BCUT2D eigenvalue weighted by atomic mass is 19.4. The third-order valence-electron chi connectivity index (χ3n) is 2.43. The van der Waals surface area contributed by atoms with E-state index < -0.39 is 30.6 Å². The van der Waals surface area contributed by atoms with Crippen molar-refractivity contribution in [1.82, 2.24) is 4.90 Å². The van der Waals surface area contributed by atoms with Crippen LogP contribution >= 0.6 is 0 Å². The molecular formula is C10H18F3N3O2. The van der Waals surface area contributed by atoms with E-state index in [0.29, 0.717) is 4.90 Å². The molecule has 5 nitrogen and oxygen atoms in total. The van der Waals surface area contributed by atoms with E-state index in [0.717, 1.165) is 0 Å². The van der Waals surface area contributed by atoms with Gasteiger partial charge in [0, 0.05) is 6.04 Å². The second-order valence-corrected chi connectivity index (χ2v) is 4.16. The lowest BCUT2D eigenvalue weighted by Gasteiger charge is -2.30. The predicted molar refractivity (Wildman–Crippen MR) is 60.1 cm³/mol. The Bertz CT molecular complexity index is 316. The number of alkyl halides is 3. The molecule has 8 heteroatoms. The van der Waals surface area contributed by atoms with Gasteiger partial charge < -0.3 is 15.8 Å². The van der Waals surface area contributed by atoms with Crippen LogP contribution in [0, 0.1) is 5.92 Å². The lowest BCUT2D eigenvalue weighted by atomic mass is 10.0. The van der Waals surface area contributed by atoms with Crippen molar-refractivity contribution in [2.75, 3.05) is 6.54 Å². The fourth-order valence-electron chi connectivity index (χ4n) is 1.49. The summed E-state index contributed by atoms with van der Waals surface area (Å²) >= 11 is 0. The Morgan fingerprint density at radius 3 is 2.22 bits per heavy atom. The number of carbonyl (C=O) groups is 1. The Balaban J connectivity index is 5.07. The van der Waals surface area contributed by atoms with E-state index in [1.54, 1.807) is 6.92 Å². The van der Waals surface area contributed by atoms with Gasteiger partial charge in [-0.25, -0.2) is 0 Å². The molecule has 0 aromatic rings. The van der Waals surface area contributed by atoms with Crippen molar-refractivity contribution >= 4 is 11.7 Å². The second-order valence-electron chi connectivity index (χ2n) is 4.16. The first kappa shape index (κ1) is 16.5. The summed E-state index contributed by atoms with van der Waals surface area (Å²) in [4.78, 5) is 12.6. The van der Waals surface area contributed by atoms with Crippen molar-refractivity contribution in [2.45, 2.75) is 39.4 Å². The molecular weight excluding hydrogens is 251 g/mol. The predicted octanol–water partition coefficient (Wildman–Crippen LogP) is 1.56. The van der Waals surface area contributed by atoms with Gasteiger partial charge >= 0.3 is 6.18 Å². The molecule has 0 aliphatic carbocycles. The van der Waals surface area contributed by atoms with E-state index in [-0.39, 0.29) is 12.3 Å². The number of carbonyl (C=O) groups excluding carboxylic acids is 1. The van der Waals surface area contributed by atoms with Gasteiger partial charge in [0.2, 0.25) is 5.91 Å². The minimum absolute atomic E-state index is 0.163. The Morgan fingerprint density at radius 1 is 1.44 bits per heavy atom. The number of hydrogen-bond acceptors (Lipinski definition) is 3. The molecule has 0 aromatic carbocycles. The van der Waals surface area contributed by atoms with E-state index >= 15 is 0 Å². The molecule has 0 spiro atoms. The normalized spacial score (nSPS) is 14.7. The summed E-state index contributed by atoms with van der Waals surface area (Å²) in [5.74, 6) is -2.21. The van der Waals surface area contributed by atoms with E-state index in [2.05, 4.69) is 5.16 Å². The topological polar surface area (TPSA) is 78.9 Å². The third-order valence-corrected chi connectivity index (χ3v) is 2.43. The second kappa shape index (κ2) is 6.46. The maximum absolute atomic E-state index is 12.4. The van der Waals surface area contributed by atoms with Gasteiger partial charge in [-0.3, -0.25) is 4.79 Å². The van der Waals surface area contributed by atoms with Crippen LogP contribution in [-0.4, -0.2) is 40.6 Å². The summed E-state index contributed by atoms with van der Waals surface area (Å²) < 4.78 is 37.1. The average Bonchev–Trinajstić information content (AvgIpc) is 2.24. The van der Waals surface area contributed by atoms with Gasteiger partial charge in [-0.1, -0.05) is 12.1 Å². The van der Waals surface area contributed by atoms with Crippen LogP contribution in [0.4, 0.5) is 13.2 Å². The maximum Gasteiger partial charge on any atom is 0.406 e. The average molecular weight is 269 g/mol. The Kier molecular flexibility index (Phi) is 5.93. The van der Waals surface area contributed by atoms with Gasteiger partial charge in [0.15, 0.2) is 5.84 Å². The van der Waals surface area contributed by atoms with Gasteiger partial charge in [0.25, 0.3) is 0 Å². The first-order valence-corrected chi connectivity index (χ1v) is 5.48. The summed E-state index contributed by atoms with van der Waals surface area (Å²) in [6, 6.07) is -0.625. The van der Waals surface area contributed by atoms with Crippen molar-refractivity contribution in [2.24, 2.45) is 16.8 Å². The monoisotopic (exact) mass is 269 g/mol. The van der Waals surface area contributed by atoms with Crippen LogP contribution in [0.1, 0.15) is 27.2 Å². The van der Waals surface area contributed by atoms with Crippen LogP contribution in [0.15, 0.2) is 5.16 Å². The largest absolute Gasteiger partial charge is 0.409 e. The van der Waals surface area contributed by atoms with Gasteiger partial charge in [-0.15, -0.1) is 0 Å². The summed E-state index contributed by atoms with van der Waals surface area (Å²) in [6.45, 7) is 3.18. The Labute approximate surface area is 103 Å². The smallest absolute Gasteiger partial charge is 0.406 e. The molecule has 0 rings (SSSR count). The van der Waals surface area contributed by atoms with Gasteiger partial charge in [0.1, 0.15) is 6.54 Å². The molecule has 106 valence electrons. The number of amides is 1. The SMILES string of the molecule is CCC(C(=O)N(CC(F)(F)F)C(C)C)C(N)=NO. The van der Waals surface area contributed by atoms with Crippen LogP contribution in [-0.2, 0) is 4.79 Å². The summed E-state index contributed by atoms with van der Waals surface area (Å²) in [5, 5.41) is 11.2. The molecule has 0 fully saturated rings. The van der Waals surface area contributed by atoms with Crippen molar-refractivity contribution in [3.63, 3.8) is 0 Å². The first-order valence-electron chi connectivity index (χ1n) is 5.48. The van der Waals surface area contributed by atoms with E-state index in [1.165, 1.54) is 13.8 Å². The standard InChI is InChI=1S/C10H18F3N3O2/c1-4-7(8(14)15-18)9(17)16(6(2)3)5-10(11,12)13/h6-7,18H,4-5H2,1-3H3,(H2,14,15). The molecule has 3 N–H and O–H groups in total. The van der Waals surface area contributed by atoms with Gasteiger partial charge in [-0.05, 0) is 20.3 Å². The fraction of sp³-hybridized carbons (Fsp3) is 0.800. The zero-order chi connectivity index (χ0) is 14.5. The molecule has 0 heterocycles. The number of rotatable bonds is 5. The summed E-state index contributed by atoms with van der Waals surface area (Å²) in [7, 11) is 0. The highest BCUT2D eigenvalue weighted by Gasteiger charge is 2.37. The number of halogens is 3. The van der Waals surface area contributed by atoms with Crippen LogP contribution in [0.25, 0.3) is 0 Å². The summed E-state index contributed by atoms with van der Waals surface area (Å²) in [6.07, 6.45) is -4.32. The molecule has 0 saturated carbocycles. The molecule has 18 heavy (non-hydrogen) atoms. The summed E-state index contributed by atoms with van der Waals surface area (Å²) in [5.41, 5.74) is 5.30. The molecule has 0 bridgehead atoms. The highest BCUT2D eigenvalue weighted by molar-refractivity contribution is 6.02. The van der Waals surface area contributed by atoms with E-state index in [1.807, 2.05) is 0 Å². The van der Waals surface area contributed by atoms with Gasteiger partial charge in [-0.2, -0.15) is 13.2 Å². The maximum atomic E-state index is 12.4. The minimum Gasteiger partial charge on any atom is -0.409 e. The Hall–Kier alpha value is -1.47. The van der Waals surface area contributed by atoms with Crippen molar-refractivity contribution in [3.05, 3.63) is 0 Å². The third kappa shape index (κ3) is 4.80. The van der Waals surface area contributed by atoms with E-state index in [4.69, 9.17) is 10.9 Å². The number of hydrogen-bond donors (Lipinski definition) is 2. The molecule has 0 aliphatic rings. The minimum atomic E-state index is -4.48. The highest BCUT2D eigenvalue weighted by Crippen LogP contribution is 2.20. The molecule has 0 aliphatic heterocycles.